The Bertz CT molecular complexity index is 1100. The summed E-state index contributed by atoms with van der Waals surface area (Å²) in [7, 11) is 0. The lowest BCUT2D eigenvalue weighted by Gasteiger charge is -2.13. The molecular weight excluding hydrogens is 334 g/mol. The van der Waals surface area contributed by atoms with E-state index in [-0.39, 0.29) is 5.78 Å². The zero-order valence-corrected chi connectivity index (χ0v) is 14.2. The Morgan fingerprint density at radius 1 is 0.920 bits per heavy atom. The number of Topliss-reactive ketones (excluding diaryl/α,β-unsaturated/α-hetero) is 1. The standard InChI is InChI=1S/C21H14ClNO2/c1-13(24)14-6-9-16(10-7-14)25-21-17-4-2-3-5-19(17)23-20-11-8-15(22)12-18(20)21/h2-12H,1H3. The summed E-state index contributed by atoms with van der Waals surface area (Å²) in [6.45, 7) is 1.54. The van der Waals surface area contributed by atoms with Crippen molar-refractivity contribution < 1.29 is 9.53 Å². The number of para-hydroxylation sites is 1. The van der Waals surface area contributed by atoms with E-state index in [1.165, 1.54) is 0 Å². The molecule has 0 fully saturated rings. The van der Waals surface area contributed by atoms with Gasteiger partial charge in [0, 0.05) is 21.4 Å². The number of nitrogens with zero attached hydrogens (tertiary/aromatic N) is 1. The molecule has 0 aliphatic carbocycles. The average Bonchev–Trinajstić information content (AvgIpc) is 2.62. The van der Waals surface area contributed by atoms with Gasteiger partial charge in [-0.2, -0.15) is 0 Å². The second-order valence-electron chi connectivity index (χ2n) is 5.80. The van der Waals surface area contributed by atoms with E-state index in [1.807, 2.05) is 42.5 Å². The number of carbonyl (C=O) groups excluding carboxylic acids is 1. The number of carbonyl (C=O) groups is 1. The van der Waals surface area contributed by atoms with E-state index in [0.717, 1.165) is 21.8 Å². The first-order chi connectivity index (χ1) is 12.1. The number of aromatic nitrogens is 1. The Balaban J connectivity index is 1.91. The molecule has 3 aromatic carbocycles. The molecule has 0 unspecified atom stereocenters. The van der Waals surface area contributed by atoms with Gasteiger partial charge < -0.3 is 4.74 Å². The van der Waals surface area contributed by atoms with Gasteiger partial charge in [-0.1, -0.05) is 23.7 Å². The minimum absolute atomic E-state index is 0.0261. The Labute approximate surface area is 149 Å². The number of fused-ring (bicyclic) bond motifs is 2. The number of pyridine rings is 1. The zero-order valence-electron chi connectivity index (χ0n) is 13.5. The van der Waals surface area contributed by atoms with Crippen molar-refractivity contribution in [1.29, 1.82) is 0 Å². The summed E-state index contributed by atoms with van der Waals surface area (Å²) >= 11 is 6.18. The summed E-state index contributed by atoms with van der Waals surface area (Å²) in [4.78, 5) is 16.1. The molecule has 0 atom stereocenters. The number of ether oxygens (including phenoxy) is 1. The molecule has 0 spiro atoms. The van der Waals surface area contributed by atoms with Gasteiger partial charge in [0.25, 0.3) is 0 Å². The van der Waals surface area contributed by atoms with Crippen LogP contribution in [0, 0.1) is 0 Å². The monoisotopic (exact) mass is 347 g/mol. The number of hydrogen-bond acceptors (Lipinski definition) is 3. The van der Waals surface area contributed by atoms with Gasteiger partial charge in [-0.3, -0.25) is 4.79 Å². The summed E-state index contributed by atoms with van der Waals surface area (Å²) < 4.78 is 6.18. The minimum Gasteiger partial charge on any atom is -0.456 e. The molecule has 0 bridgehead atoms. The molecule has 4 rings (SSSR count). The fourth-order valence-corrected chi connectivity index (χ4v) is 2.98. The lowest BCUT2D eigenvalue weighted by Crippen LogP contribution is -1.93. The molecule has 0 saturated heterocycles. The molecule has 0 aliphatic rings. The molecule has 122 valence electrons. The van der Waals surface area contributed by atoms with Crippen molar-refractivity contribution >= 4 is 39.2 Å². The van der Waals surface area contributed by atoms with Gasteiger partial charge in [-0.05, 0) is 61.5 Å². The second kappa shape index (κ2) is 6.19. The lowest BCUT2D eigenvalue weighted by atomic mass is 10.1. The van der Waals surface area contributed by atoms with Crippen LogP contribution in [0.25, 0.3) is 21.8 Å². The van der Waals surface area contributed by atoms with E-state index in [4.69, 9.17) is 16.3 Å². The maximum absolute atomic E-state index is 11.4. The van der Waals surface area contributed by atoms with Crippen molar-refractivity contribution in [3.8, 4) is 11.5 Å². The molecule has 0 aliphatic heterocycles. The maximum atomic E-state index is 11.4. The fraction of sp³-hybridized carbons (Fsp3) is 0.0476. The molecule has 4 heteroatoms. The van der Waals surface area contributed by atoms with Gasteiger partial charge in [-0.25, -0.2) is 4.98 Å². The van der Waals surface area contributed by atoms with Crippen molar-refractivity contribution in [3.05, 3.63) is 77.3 Å². The molecule has 3 nitrogen and oxygen atoms in total. The van der Waals surface area contributed by atoms with Gasteiger partial charge >= 0.3 is 0 Å². The Hall–Kier alpha value is -2.91. The van der Waals surface area contributed by atoms with Gasteiger partial charge in [0.1, 0.15) is 11.5 Å². The second-order valence-corrected chi connectivity index (χ2v) is 6.24. The predicted octanol–water partition coefficient (Wildman–Crippen LogP) is 6.04. The summed E-state index contributed by atoms with van der Waals surface area (Å²) in [6.07, 6.45) is 0. The Morgan fingerprint density at radius 3 is 2.40 bits per heavy atom. The largest absolute Gasteiger partial charge is 0.456 e. The van der Waals surface area contributed by atoms with Gasteiger partial charge in [0.15, 0.2) is 5.78 Å². The number of benzene rings is 3. The quantitative estimate of drug-likeness (QED) is 0.335. The van der Waals surface area contributed by atoms with Crippen molar-refractivity contribution in [2.45, 2.75) is 6.92 Å². The van der Waals surface area contributed by atoms with Gasteiger partial charge in [0.05, 0.1) is 11.0 Å². The minimum atomic E-state index is 0.0261. The average molecular weight is 348 g/mol. The first-order valence-corrected chi connectivity index (χ1v) is 8.26. The van der Waals surface area contributed by atoms with E-state index >= 15 is 0 Å². The first kappa shape index (κ1) is 15.6. The van der Waals surface area contributed by atoms with Crippen LogP contribution in [0.4, 0.5) is 0 Å². The van der Waals surface area contributed by atoms with Crippen molar-refractivity contribution in [2.24, 2.45) is 0 Å². The normalized spacial score (nSPS) is 11.0. The summed E-state index contributed by atoms with van der Waals surface area (Å²) in [6, 6.07) is 20.5. The number of ketones is 1. The molecule has 1 heterocycles. The van der Waals surface area contributed by atoms with Crippen LogP contribution < -0.4 is 4.74 Å². The van der Waals surface area contributed by atoms with Crippen LogP contribution in [0.15, 0.2) is 66.7 Å². The third kappa shape index (κ3) is 2.94. The summed E-state index contributed by atoms with van der Waals surface area (Å²) in [5, 5.41) is 2.39. The van der Waals surface area contributed by atoms with Gasteiger partial charge in [-0.15, -0.1) is 0 Å². The number of hydrogen-bond donors (Lipinski definition) is 0. The third-order valence-corrected chi connectivity index (χ3v) is 4.31. The topological polar surface area (TPSA) is 39.2 Å². The summed E-state index contributed by atoms with van der Waals surface area (Å²) in [5.74, 6) is 1.39. The number of rotatable bonds is 3. The fourth-order valence-electron chi connectivity index (χ4n) is 2.81. The molecule has 1 aromatic heterocycles. The lowest BCUT2D eigenvalue weighted by molar-refractivity contribution is 0.101. The molecule has 0 amide bonds. The van der Waals surface area contributed by atoms with Crippen molar-refractivity contribution in [2.75, 3.05) is 0 Å². The van der Waals surface area contributed by atoms with Crippen LogP contribution in [0.5, 0.6) is 11.5 Å². The van der Waals surface area contributed by atoms with Crippen LogP contribution in [0.1, 0.15) is 17.3 Å². The van der Waals surface area contributed by atoms with Crippen LogP contribution in [-0.4, -0.2) is 10.8 Å². The van der Waals surface area contributed by atoms with Crippen LogP contribution >= 0.6 is 11.6 Å². The molecule has 0 radical (unpaired) electrons. The van der Waals surface area contributed by atoms with E-state index in [9.17, 15) is 4.79 Å². The maximum Gasteiger partial charge on any atom is 0.159 e. The Morgan fingerprint density at radius 2 is 1.64 bits per heavy atom. The zero-order chi connectivity index (χ0) is 17.4. The van der Waals surface area contributed by atoms with E-state index < -0.39 is 0 Å². The third-order valence-electron chi connectivity index (χ3n) is 4.07. The highest BCUT2D eigenvalue weighted by Gasteiger charge is 2.12. The van der Waals surface area contributed by atoms with E-state index in [0.29, 0.717) is 22.1 Å². The molecule has 25 heavy (non-hydrogen) atoms. The number of halogens is 1. The molecule has 4 aromatic rings. The predicted molar refractivity (Wildman–Crippen MR) is 101 cm³/mol. The summed E-state index contributed by atoms with van der Waals surface area (Å²) in [5.41, 5.74) is 2.32. The molecular formula is C21H14ClNO2. The highest BCUT2D eigenvalue weighted by molar-refractivity contribution is 6.31. The molecule has 0 N–H and O–H groups in total. The van der Waals surface area contributed by atoms with Crippen LogP contribution in [0.3, 0.4) is 0 Å². The smallest absolute Gasteiger partial charge is 0.159 e. The van der Waals surface area contributed by atoms with Crippen LogP contribution in [0.2, 0.25) is 5.02 Å². The van der Waals surface area contributed by atoms with E-state index in [2.05, 4.69) is 4.98 Å². The van der Waals surface area contributed by atoms with E-state index in [1.54, 1.807) is 31.2 Å². The highest BCUT2D eigenvalue weighted by Crippen LogP contribution is 2.37. The van der Waals surface area contributed by atoms with Crippen molar-refractivity contribution in [3.63, 3.8) is 0 Å². The highest BCUT2D eigenvalue weighted by atomic mass is 35.5. The Kier molecular flexibility index (Phi) is 3.86. The first-order valence-electron chi connectivity index (χ1n) is 7.89. The van der Waals surface area contributed by atoms with Crippen LogP contribution in [-0.2, 0) is 0 Å². The SMILES string of the molecule is CC(=O)c1ccc(Oc2c3ccccc3nc3ccc(Cl)cc23)cc1. The molecule has 0 saturated carbocycles. The van der Waals surface area contributed by atoms with Crippen molar-refractivity contribution in [1.82, 2.24) is 4.98 Å². The van der Waals surface area contributed by atoms with Gasteiger partial charge in [0.2, 0.25) is 0 Å².